The molecule has 1 heterocycles. The monoisotopic (exact) mass is 418 g/mol. The Morgan fingerprint density at radius 2 is 1.34 bits per heavy atom. The zero-order valence-corrected chi connectivity index (χ0v) is 21.4. The maximum atomic E-state index is 6.84. The van der Waals surface area contributed by atoms with Gasteiger partial charge < -0.3 is 13.7 Å². The van der Waals surface area contributed by atoms with Gasteiger partial charge in [0.2, 0.25) is 0 Å². The molecule has 1 aliphatic heterocycles. The minimum Gasteiger partial charge on any atom is -0.416 e. The van der Waals surface area contributed by atoms with E-state index in [4.69, 9.17) is 13.7 Å². The van der Waals surface area contributed by atoms with Crippen molar-refractivity contribution in [2.75, 3.05) is 6.61 Å². The molecule has 0 N–H and O–H groups in total. The Morgan fingerprint density at radius 3 is 1.79 bits per heavy atom. The van der Waals surface area contributed by atoms with Crippen molar-refractivity contribution in [2.45, 2.75) is 110 Å². The fourth-order valence-corrected chi connectivity index (χ4v) is 7.11. The molecule has 29 heavy (non-hydrogen) atoms. The van der Waals surface area contributed by atoms with E-state index in [1.54, 1.807) is 0 Å². The lowest BCUT2D eigenvalue weighted by Gasteiger charge is -2.39. The molecule has 2 rings (SSSR count). The molecule has 0 aromatic heterocycles. The third-order valence-corrected chi connectivity index (χ3v) is 12.6. The van der Waals surface area contributed by atoms with Gasteiger partial charge in [-0.05, 0) is 69.7 Å². The first-order chi connectivity index (χ1) is 13.6. The van der Waals surface area contributed by atoms with E-state index in [1.807, 2.05) is 0 Å². The smallest absolute Gasteiger partial charge is 0.416 e. The average molecular weight is 419 g/mol. The second kappa shape index (κ2) is 9.25. The SMILES string of the molecule is CCC(CC)(CO[Si](CC)(CC)CC)c1ccccc1B1OC(C)(C)C(C)(C)O1. The molecule has 0 atom stereocenters. The van der Waals surface area contributed by atoms with Crippen molar-refractivity contribution in [1.29, 1.82) is 0 Å². The number of rotatable bonds is 10. The predicted octanol–water partition coefficient (Wildman–Crippen LogP) is 6.07. The summed E-state index contributed by atoms with van der Waals surface area (Å²) in [7, 11) is -1.98. The van der Waals surface area contributed by atoms with Gasteiger partial charge in [0.15, 0.2) is 8.32 Å². The van der Waals surface area contributed by atoms with Crippen LogP contribution in [0.5, 0.6) is 0 Å². The topological polar surface area (TPSA) is 27.7 Å². The van der Waals surface area contributed by atoms with E-state index in [1.165, 1.54) is 23.7 Å². The summed E-state index contributed by atoms with van der Waals surface area (Å²) in [6.45, 7) is 20.8. The van der Waals surface area contributed by atoms with E-state index in [2.05, 4.69) is 86.6 Å². The lowest BCUT2D eigenvalue weighted by Crippen LogP contribution is -2.46. The zero-order valence-electron chi connectivity index (χ0n) is 20.4. The molecule has 0 spiro atoms. The molecule has 0 unspecified atom stereocenters. The summed E-state index contributed by atoms with van der Waals surface area (Å²) in [5.41, 5.74) is 1.80. The summed E-state index contributed by atoms with van der Waals surface area (Å²) >= 11 is 0. The van der Waals surface area contributed by atoms with Gasteiger partial charge in [-0.1, -0.05) is 58.9 Å². The van der Waals surface area contributed by atoms with Gasteiger partial charge in [0.25, 0.3) is 0 Å². The normalized spacial score (nSPS) is 19.0. The molecule has 0 saturated carbocycles. The van der Waals surface area contributed by atoms with Crippen LogP contribution in [0.2, 0.25) is 18.1 Å². The van der Waals surface area contributed by atoms with Gasteiger partial charge in [0.05, 0.1) is 11.2 Å². The van der Waals surface area contributed by atoms with Crippen LogP contribution >= 0.6 is 0 Å². The predicted molar refractivity (Wildman–Crippen MR) is 128 cm³/mol. The first kappa shape index (κ1) is 24.6. The van der Waals surface area contributed by atoms with Crippen LogP contribution in [0.15, 0.2) is 24.3 Å². The highest BCUT2D eigenvalue weighted by atomic mass is 28.4. The third-order valence-electron chi connectivity index (χ3n) is 7.98. The highest BCUT2D eigenvalue weighted by molar-refractivity contribution is 6.73. The van der Waals surface area contributed by atoms with Crippen LogP contribution in [0, 0.1) is 0 Å². The molecule has 5 heteroatoms. The molecule has 1 fully saturated rings. The Bertz CT molecular complexity index is 642. The van der Waals surface area contributed by atoms with Crippen LogP contribution in [-0.4, -0.2) is 33.2 Å². The molecule has 1 aromatic rings. The van der Waals surface area contributed by atoms with Crippen molar-refractivity contribution in [2.24, 2.45) is 0 Å². The van der Waals surface area contributed by atoms with E-state index in [0.29, 0.717) is 0 Å². The summed E-state index contributed by atoms with van der Waals surface area (Å²) in [5.74, 6) is 0. The Kier molecular flexibility index (Phi) is 7.87. The summed E-state index contributed by atoms with van der Waals surface area (Å²) in [6, 6.07) is 12.2. The summed E-state index contributed by atoms with van der Waals surface area (Å²) < 4.78 is 19.7. The van der Waals surface area contributed by atoms with Crippen molar-refractivity contribution < 1.29 is 13.7 Å². The molecule has 0 amide bonds. The van der Waals surface area contributed by atoms with Crippen molar-refractivity contribution in [3.05, 3.63) is 29.8 Å². The Hall–Kier alpha value is -0.618. The minimum absolute atomic E-state index is 0.0159. The van der Waals surface area contributed by atoms with E-state index in [0.717, 1.165) is 24.9 Å². The van der Waals surface area contributed by atoms with Crippen LogP contribution < -0.4 is 5.46 Å². The van der Waals surface area contributed by atoms with Gasteiger partial charge in [0.1, 0.15) is 0 Å². The van der Waals surface area contributed by atoms with Crippen molar-refractivity contribution in [1.82, 2.24) is 0 Å². The summed E-state index contributed by atoms with van der Waals surface area (Å²) in [5, 5.41) is 0. The molecular weight excluding hydrogens is 375 g/mol. The van der Waals surface area contributed by atoms with Crippen LogP contribution in [0.4, 0.5) is 0 Å². The Morgan fingerprint density at radius 1 is 0.862 bits per heavy atom. The Labute approximate surface area is 181 Å². The van der Waals surface area contributed by atoms with Gasteiger partial charge in [-0.15, -0.1) is 0 Å². The molecule has 0 aliphatic carbocycles. The zero-order chi connectivity index (χ0) is 21.9. The van der Waals surface area contributed by atoms with E-state index in [9.17, 15) is 0 Å². The molecule has 1 aromatic carbocycles. The summed E-state index contributed by atoms with van der Waals surface area (Å²) in [6.07, 6.45) is 2.09. The third kappa shape index (κ3) is 4.68. The van der Waals surface area contributed by atoms with Gasteiger partial charge in [-0.2, -0.15) is 0 Å². The minimum atomic E-state index is -1.65. The van der Waals surface area contributed by atoms with Crippen molar-refractivity contribution >= 4 is 20.9 Å². The molecule has 1 saturated heterocycles. The van der Waals surface area contributed by atoms with Crippen LogP contribution in [0.1, 0.15) is 80.7 Å². The highest BCUT2D eigenvalue weighted by Gasteiger charge is 2.53. The Balaban J connectivity index is 2.42. The van der Waals surface area contributed by atoms with Gasteiger partial charge in [-0.3, -0.25) is 0 Å². The maximum Gasteiger partial charge on any atom is 0.495 e. The van der Waals surface area contributed by atoms with Crippen LogP contribution in [0.3, 0.4) is 0 Å². The van der Waals surface area contributed by atoms with Crippen LogP contribution in [-0.2, 0) is 19.1 Å². The van der Waals surface area contributed by atoms with Gasteiger partial charge in [-0.25, -0.2) is 0 Å². The standard InChI is InChI=1S/C24H43BO3Si/c1-10-24(11-2,19-26-29(12-3,13-4)14-5)20-17-15-16-18-21(20)25-27-22(6,7)23(8,9)28-25/h15-18H,10-14,19H2,1-9H3. The molecule has 3 nitrogen and oxygen atoms in total. The lowest BCUT2D eigenvalue weighted by molar-refractivity contribution is 0.00578. The fraction of sp³-hybridized carbons (Fsp3) is 0.750. The van der Waals surface area contributed by atoms with E-state index in [-0.39, 0.29) is 23.7 Å². The van der Waals surface area contributed by atoms with E-state index < -0.39 is 8.32 Å². The van der Waals surface area contributed by atoms with Gasteiger partial charge >= 0.3 is 7.12 Å². The average Bonchev–Trinajstić information content (AvgIpc) is 2.94. The van der Waals surface area contributed by atoms with Crippen molar-refractivity contribution in [3.63, 3.8) is 0 Å². The van der Waals surface area contributed by atoms with Crippen LogP contribution in [0.25, 0.3) is 0 Å². The molecule has 0 radical (unpaired) electrons. The quantitative estimate of drug-likeness (QED) is 0.432. The second-order valence-corrected chi connectivity index (χ2v) is 14.5. The summed E-state index contributed by atoms with van der Waals surface area (Å²) in [4.78, 5) is 0. The number of hydrogen-bond acceptors (Lipinski definition) is 3. The fourth-order valence-electron chi connectivity index (χ4n) is 4.42. The molecule has 0 bridgehead atoms. The molecule has 1 aliphatic rings. The second-order valence-electron chi connectivity index (χ2n) is 9.70. The highest BCUT2D eigenvalue weighted by Crippen LogP contribution is 2.39. The molecule has 164 valence electrons. The number of benzene rings is 1. The van der Waals surface area contributed by atoms with Gasteiger partial charge in [0, 0.05) is 12.0 Å². The van der Waals surface area contributed by atoms with Crippen molar-refractivity contribution in [3.8, 4) is 0 Å². The lowest BCUT2D eigenvalue weighted by atomic mass is 9.66. The first-order valence-electron chi connectivity index (χ1n) is 11.6. The first-order valence-corrected chi connectivity index (χ1v) is 14.2. The maximum absolute atomic E-state index is 6.84. The molecular formula is C24H43BO3Si. The largest absolute Gasteiger partial charge is 0.495 e. The number of hydrogen-bond donors (Lipinski definition) is 0. The van der Waals surface area contributed by atoms with E-state index >= 15 is 0 Å².